The molecular weight excluding hydrogens is 278 g/mol. The Morgan fingerprint density at radius 2 is 1.75 bits per heavy atom. The van der Waals surface area contributed by atoms with Crippen molar-refractivity contribution in [2.45, 2.75) is 45.5 Å². The summed E-state index contributed by atoms with van der Waals surface area (Å²) in [6, 6.07) is 3.24. The van der Waals surface area contributed by atoms with Crippen molar-refractivity contribution in [1.82, 2.24) is 0 Å². The predicted octanol–water partition coefficient (Wildman–Crippen LogP) is 2.49. The van der Waals surface area contributed by atoms with Gasteiger partial charge >= 0.3 is 7.12 Å². The lowest BCUT2D eigenvalue weighted by molar-refractivity contribution is 0.00578. The molecule has 110 valence electrons. The zero-order valence-corrected chi connectivity index (χ0v) is 13.2. The predicted molar refractivity (Wildman–Crippen MR) is 79.5 cm³/mol. The number of halogens is 1. The quantitative estimate of drug-likeness (QED) is 0.871. The second-order valence-electron chi connectivity index (χ2n) is 6.02. The third kappa shape index (κ3) is 2.68. The Hall–Kier alpha value is -0.745. The molecule has 0 bridgehead atoms. The van der Waals surface area contributed by atoms with E-state index >= 15 is 0 Å². The van der Waals surface area contributed by atoms with E-state index in [0.717, 1.165) is 5.56 Å². The van der Waals surface area contributed by atoms with E-state index in [9.17, 15) is 5.11 Å². The number of ether oxygens (including phenoxy) is 1. The maximum atomic E-state index is 10.2. The number of hydrogen-bond donors (Lipinski definition) is 1. The summed E-state index contributed by atoms with van der Waals surface area (Å²) >= 11 is 5.98. The summed E-state index contributed by atoms with van der Waals surface area (Å²) < 4.78 is 17.1. The third-order valence-electron chi connectivity index (χ3n) is 4.00. The maximum Gasteiger partial charge on any atom is 0.499 e. The summed E-state index contributed by atoms with van der Waals surface area (Å²) in [6.07, 6.45) is 0. The van der Waals surface area contributed by atoms with Crippen LogP contribution in [0.25, 0.3) is 0 Å². The Balaban J connectivity index is 2.44. The summed E-state index contributed by atoms with van der Waals surface area (Å²) in [5.41, 5.74) is 0.410. The molecule has 0 saturated carbocycles. The average molecular weight is 299 g/mol. The van der Waals surface area contributed by atoms with E-state index in [1.54, 1.807) is 13.2 Å². The average Bonchev–Trinajstić information content (AvgIpc) is 2.46. The van der Waals surface area contributed by atoms with Crippen LogP contribution in [0, 0.1) is 0 Å². The van der Waals surface area contributed by atoms with Gasteiger partial charge in [-0.25, -0.2) is 0 Å². The van der Waals surface area contributed by atoms with Crippen molar-refractivity contribution in [3.05, 3.63) is 22.7 Å². The van der Waals surface area contributed by atoms with Crippen molar-refractivity contribution < 1.29 is 19.2 Å². The van der Waals surface area contributed by atoms with Crippen molar-refractivity contribution >= 4 is 24.2 Å². The molecule has 20 heavy (non-hydrogen) atoms. The number of rotatable bonds is 3. The van der Waals surface area contributed by atoms with Crippen LogP contribution in [0.4, 0.5) is 0 Å². The van der Waals surface area contributed by atoms with Crippen LogP contribution in [0.1, 0.15) is 33.3 Å². The van der Waals surface area contributed by atoms with Crippen LogP contribution in [0.3, 0.4) is 0 Å². The number of phenolic OH excluding ortho intramolecular Hbond substituents is 1. The van der Waals surface area contributed by atoms with Crippen LogP contribution >= 0.6 is 11.6 Å². The van der Waals surface area contributed by atoms with Gasteiger partial charge in [0.15, 0.2) is 0 Å². The lowest BCUT2D eigenvalue weighted by atomic mass is 9.75. The molecule has 1 aromatic rings. The Morgan fingerprint density at radius 3 is 2.25 bits per heavy atom. The third-order valence-corrected chi connectivity index (χ3v) is 4.22. The molecule has 1 heterocycles. The number of benzene rings is 1. The van der Waals surface area contributed by atoms with Gasteiger partial charge in [-0.1, -0.05) is 11.6 Å². The molecule has 0 unspecified atom stereocenters. The molecule has 0 aromatic heterocycles. The van der Waals surface area contributed by atoms with E-state index in [4.69, 9.17) is 25.6 Å². The van der Waals surface area contributed by atoms with Crippen molar-refractivity contribution in [3.63, 3.8) is 0 Å². The molecule has 1 aliphatic rings. The summed E-state index contributed by atoms with van der Waals surface area (Å²) in [6.45, 7) is 8.20. The second kappa shape index (κ2) is 5.22. The van der Waals surface area contributed by atoms with Crippen LogP contribution in [-0.2, 0) is 20.7 Å². The van der Waals surface area contributed by atoms with E-state index in [2.05, 4.69) is 0 Å². The first kappa shape index (κ1) is 15.6. The molecule has 1 fully saturated rings. The molecule has 0 spiro atoms. The summed E-state index contributed by atoms with van der Waals surface area (Å²) in [7, 11) is 0.953. The van der Waals surface area contributed by atoms with E-state index in [-0.39, 0.29) is 5.75 Å². The highest BCUT2D eigenvalue weighted by Gasteiger charge is 2.53. The van der Waals surface area contributed by atoms with Gasteiger partial charge in [0.2, 0.25) is 0 Å². The molecule has 1 N–H and O–H groups in total. The first-order chi connectivity index (χ1) is 9.18. The lowest BCUT2D eigenvalue weighted by Gasteiger charge is -2.32. The molecule has 4 nitrogen and oxygen atoms in total. The molecule has 0 aliphatic carbocycles. The van der Waals surface area contributed by atoms with Gasteiger partial charge in [0, 0.05) is 17.6 Å². The van der Waals surface area contributed by atoms with Gasteiger partial charge in [0.25, 0.3) is 0 Å². The number of aromatic hydroxyl groups is 1. The second-order valence-corrected chi connectivity index (χ2v) is 6.46. The van der Waals surface area contributed by atoms with Crippen molar-refractivity contribution in [2.75, 3.05) is 7.11 Å². The highest BCUT2D eigenvalue weighted by molar-refractivity contribution is 6.63. The minimum Gasteiger partial charge on any atom is -0.508 e. The Morgan fingerprint density at radius 1 is 1.20 bits per heavy atom. The fourth-order valence-electron chi connectivity index (χ4n) is 2.17. The largest absolute Gasteiger partial charge is 0.508 e. The first-order valence-corrected chi connectivity index (χ1v) is 6.91. The van der Waals surface area contributed by atoms with E-state index in [0.29, 0.717) is 17.1 Å². The van der Waals surface area contributed by atoms with Crippen molar-refractivity contribution in [3.8, 4) is 5.75 Å². The van der Waals surface area contributed by atoms with E-state index < -0.39 is 18.3 Å². The normalized spacial score (nSPS) is 20.4. The minimum absolute atomic E-state index is 0.0584. The molecular formula is C14H20BClO4. The van der Waals surface area contributed by atoms with E-state index in [1.165, 1.54) is 6.07 Å². The zero-order chi connectivity index (χ0) is 15.1. The van der Waals surface area contributed by atoms with Gasteiger partial charge in [-0.2, -0.15) is 0 Å². The topological polar surface area (TPSA) is 47.9 Å². The molecule has 1 saturated heterocycles. The van der Waals surface area contributed by atoms with E-state index in [1.807, 2.05) is 27.7 Å². The molecule has 0 atom stereocenters. The van der Waals surface area contributed by atoms with Crippen LogP contribution in [0.2, 0.25) is 5.02 Å². The number of hydrogen-bond acceptors (Lipinski definition) is 4. The van der Waals surface area contributed by atoms with Crippen molar-refractivity contribution in [2.24, 2.45) is 0 Å². The monoisotopic (exact) mass is 298 g/mol. The molecule has 0 amide bonds. The van der Waals surface area contributed by atoms with Gasteiger partial charge in [-0.15, -0.1) is 0 Å². The highest BCUT2D eigenvalue weighted by atomic mass is 35.5. The SMILES string of the molecule is COCc1cc(Cl)cc(O)c1B1OC(C)(C)C(C)(C)O1. The summed E-state index contributed by atoms with van der Waals surface area (Å²) in [5, 5.41) is 10.7. The number of methoxy groups -OCH3 is 1. The van der Waals surface area contributed by atoms with Crippen LogP contribution in [0.15, 0.2) is 12.1 Å². The fourth-order valence-corrected chi connectivity index (χ4v) is 2.40. The molecule has 0 radical (unpaired) electrons. The lowest BCUT2D eigenvalue weighted by Crippen LogP contribution is -2.41. The van der Waals surface area contributed by atoms with Gasteiger partial charge in [0.05, 0.1) is 17.8 Å². The zero-order valence-electron chi connectivity index (χ0n) is 12.5. The maximum absolute atomic E-state index is 10.2. The highest BCUT2D eigenvalue weighted by Crippen LogP contribution is 2.37. The van der Waals surface area contributed by atoms with Crippen LogP contribution < -0.4 is 5.46 Å². The van der Waals surface area contributed by atoms with Crippen LogP contribution in [0.5, 0.6) is 5.75 Å². The molecule has 1 aromatic carbocycles. The van der Waals surface area contributed by atoms with Crippen molar-refractivity contribution in [1.29, 1.82) is 0 Å². The fraction of sp³-hybridized carbons (Fsp3) is 0.571. The summed E-state index contributed by atoms with van der Waals surface area (Å²) in [5.74, 6) is 0.0584. The van der Waals surface area contributed by atoms with Gasteiger partial charge in [0.1, 0.15) is 5.75 Å². The Labute approximate surface area is 125 Å². The summed E-state index contributed by atoms with van der Waals surface area (Å²) in [4.78, 5) is 0. The molecule has 6 heteroatoms. The minimum atomic E-state index is -0.637. The van der Waals surface area contributed by atoms with Gasteiger partial charge in [-0.05, 0) is 45.4 Å². The van der Waals surface area contributed by atoms with Gasteiger partial charge in [-0.3, -0.25) is 0 Å². The molecule has 2 rings (SSSR count). The Bertz CT molecular complexity index is 500. The van der Waals surface area contributed by atoms with Crippen LogP contribution in [-0.4, -0.2) is 30.5 Å². The Kier molecular flexibility index (Phi) is 4.09. The number of phenols is 1. The standard InChI is InChI=1S/C14H20BClO4/c1-13(2)14(3,4)20-15(19-13)12-9(8-18-5)6-10(16)7-11(12)17/h6-7,17H,8H2,1-5H3. The first-order valence-electron chi connectivity index (χ1n) is 6.54. The molecule has 1 aliphatic heterocycles. The van der Waals surface area contributed by atoms with Gasteiger partial charge < -0.3 is 19.2 Å². The smallest absolute Gasteiger partial charge is 0.499 e.